The minimum absolute atomic E-state index is 0.00299. The van der Waals surface area contributed by atoms with Crippen LogP contribution in [0.2, 0.25) is 0 Å². The topological polar surface area (TPSA) is 73.6 Å². The smallest absolute Gasteiger partial charge is 0.294 e. The van der Waals surface area contributed by atoms with Gasteiger partial charge in [-0.3, -0.25) is 10.1 Å². The second kappa shape index (κ2) is 7.82. The molecule has 4 rings (SSSR count). The second-order valence-electron chi connectivity index (χ2n) is 6.41. The lowest BCUT2D eigenvalue weighted by Gasteiger charge is -2.06. The number of hydrogen-bond acceptors (Lipinski definition) is 5. The molecule has 0 saturated carbocycles. The van der Waals surface area contributed by atoms with Crippen molar-refractivity contribution >= 4 is 33.7 Å². The predicted molar refractivity (Wildman–Crippen MR) is 111 cm³/mol. The molecule has 142 valence electrons. The Kier molecular flexibility index (Phi) is 5.08. The van der Waals surface area contributed by atoms with Crippen molar-refractivity contribution in [3.05, 3.63) is 74.9 Å². The van der Waals surface area contributed by atoms with E-state index in [2.05, 4.69) is 16.5 Å². The van der Waals surface area contributed by atoms with E-state index in [1.807, 2.05) is 35.7 Å². The summed E-state index contributed by atoms with van der Waals surface area (Å²) in [4.78, 5) is 16.3. The number of hydrogen-bond donors (Lipinski definition) is 0. The Morgan fingerprint density at radius 1 is 1.18 bits per heavy atom. The van der Waals surface area contributed by atoms with Crippen LogP contribution in [0.4, 0.5) is 11.4 Å². The fourth-order valence-corrected chi connectivity index (χ4v) is 4.00. The molecule has 0 aliphatic carbocycles. The van der Waals surface area contributed by atoms with Gasteiger partial charge in [-0.1, -0.05) is 43.7 Å². The van der Waals surface area contributed by atoms with Gasteiger partial charge in [0.1, 0.15) is 11.3 Å². The summed E-state index contributed by atoms with van der Waals surface area (Å²) in [6.07, 6.45) is 2.02. The number of benzene rings is 2. The Morgan fingerprint density at radius 3 is 2.75 bits per heavy atom. The molecule has 2 aromatic carbocycles. The van der Waals surface area contributed by atoms with Crippen molar-refractivity contribution in [2.75, 3.05) is 0 Å². The Labute approximate surface area is 165 Å². The molecule has 2 aromatic heterocycles. The van der Waals surface area contributed by atoms with Crippen LogP contribution < -0.4 is 4.80 Å². The maximum Gasteiger partial charge on any atom is 0.294 e. The van der Waals surface area contributed by atoms with Gasteiger partial charge in [0.25, 0.3) is 5.69 Å². The molecule has 0 atom stereocenters. The second-order valence-corrected chi connectivity index (χ2v) is 7.25. The van der Waals surface area contributed by atoms with Gasteiger partial charge in [-0.25, -0.2) is 4.99 Å². The van der Waals surface area contributed by atoms with E-state index in [1.165, 1.54) is 17.4 Å². The van der Waals surface area contributed by atoms with Crippen molar-refractivity contribution in [3.8, 4) is 11.5 Å². The first-order valence-corrected chi connectivity index (χ1v) is 10.0. The van der Waals surface area contributed by atoms with Crippen LogP contribution in [-0.4, -0.2) is 9.49 Å². The monoisotopic (exact) mass is 393 g/mol. The van der Waals surface area contributed by atoms with Gasteiger partial charge in [0.2, 0.25) is 0 Å². The number of nitrogens with zero attached hydrogens (tertiary/aromatic N) is 3. The molecule has 0 saturated heterocycles. The number of unbranched alkanes of at least 4 members (excludes halogenated alkanes) is 1. The SMILES string of the molecule is CCCCn1c(-c2cc3ccccc3o2)csc1=Nc1ccccc1[N+](=O)[O-]. The zero-order valence-electron chi connectivity index (χ0n) is 15.4. The molecule has 7 heteroatoms. The van der Waals surface area contributed by atoms with Crippen LogP contribution in [0.1, 0.15) is 19.8 Å². The fourth-order valence-electron chi connectivity index (χ4n) is 3.07. The number of furan rings is 1. The van der Waals surface area contributed by atoms with Gasteiger partial charge >= 0.3 is 0 Å². The molecular weight excluding hydrogens is 374 g/mol. The third kappa shape index (κ3) is 3.48. The lowest BCUT2D eigenvalue weighted by atomic mass is 10.2. The largest absolute Gasteiger partial charge is 0.454 e. The molecule has 4 aromatic rings. The molecule has 28 heavy (non-hydrogen) atoms. The van der Waals surface area contributed by atoms with E-state index in [0.29, 0.717) is 5.69 Å². The highest BCUT2D eigenvalue weighted by Gasteiger charge is 2.15. The van der Waals surface area contributed by atoms with Crippen molar-refractivity contribution < 1.29 is 9.34 Å². The van der Waals surface area contributed by atoms with E-state index in [-0.39, 0.29) is 5.69 Å². The zero-order chi connectivity index (χ0) is 19.5. The highest BCUT2D eigenvalue weighted by Crippen LogP contribution is 2.30. The van der Waals surface area contributed by atoms with Crippen molar-refractivity contribution in [3.63, 3.8) is 0 Å². The normalized spacial score (nSPS) is 12.0. The minimum Gasteiger partial charge on any atom is -0.454 e. The van der Waals surface area contributed by atoms with Crippen LogP contribution in [0, 0.1) is 10.1 Å². The molecule has 0 bridgehead atoms. The quantitative estimate of drug-likeness (QED) is 0.302. The number of thiazole rings is 1. The molecule has 0 amide bonds. The Hall–Kier alpha value is -3.19. The van der Waals surface area contributed by atoms with E-state index in [9.17, 15) is 10.1 Å². The molecule has 0 N–H and O–H groups in total. The highest BCUT2D eigenvalue weighted by molar-refractivity contribution is 7.07. The van der Waals surface area contributed by atoms with Gasteiger partial charge in [-0.05, 0) is 24.6 Å². The molecule has 0 unspecified atom stereocenters. The summed E-state index contributed by atoms with van der Waals surface area (Å²) >= 11 is 1.46. The van der Waals surface area contributed by atoms with Crippen molar-refractivity contribution in [2.45, 2.75) is 26.3 Å². The zero-order valence-corrected chi connectivity index (χ0v) is 16.2. The summed E-state index contributed by atoms with van der Waals surface area (Å²) in [5, 5.41) is 14.4. The Balaban J connectivity index is 1.86. The number of para-hydroxylation sites is 3. The van der Waals surface area contributed by atoms with Crippen LogP contribution in [0.15, 0.2) is 69.4 Å². The summed E-state index contributed by atoms with van der Waals surface area (Å²) < 4.78 is 8.12. The summed E-state index contributed by atoms with van der Waals surface area (Å²) in [5.41, 5.74) is 2.13. The van der Waals surface area contributed by atoms with E-state index in [1.54, 1.807) is 18.2 Å². The van der Waals surface area contributed by atoms with Crippen molar-refractivity contribution in [2.24, 2.45) is 4.99 Å². The molecule has 0 spiro atoms. The number of nitro benzene ring substituents is 1. The standard InChI is InChI=1S/C21H19N3O3S/c1-2-3-12-23-18(20-13-15-8-4-7-11-19(15)27-20)14-28-21(23)22-16-9-5-6-10-17(16)24(25)26/h4-11,13-14H,2-3,12H2,1H3. The van der Waals surface area contributed by atoms with E-state index in [4.69, 9.17) is 4.42 Å². The average Bonchev–Trinajstić information content (AvgIpc) is 3.30. The van der Waals surface area contributed by atoms with Gasteiger partial charge in [0.05, 0.1) is 10.6 Å². The van der Waals surface area contributed by atoms with Crippen LogP contribution in [-0.2, 0) is 6.54 Å². The average molecular weight is 393 g/mol. The third-order valence-electron chi connectivity index (χ3n) is 4.51. The first-order valence-electron chi connectivity index (χ1n) is 9.13. The molecular formula is C21H19N3O3S. The summed E-state index contributed by atoms with van der Waals surface area (Å²) in [7, 11) is 0. The Bertz CT molecular complexity index is 1170. The van der Waals surface area contributed by atoms with Crippen LogP contribution >= 0.6 is 11.3 Å². The first kappa shape index (κ1) is 18.2. The fraction of sp³-hybridized carbons (Fsp3) is 0.190. The highest BCUT2D eigenvalue weighted by atomic mass is 32.1. The third-order valence-corrected chi connectivity index (χ3v) is 5.37. The maximum absolute atomic E-state index is 11.3. The number of fused-ring (bicyclic) bond motifs is 1. The van der Waals surface area contributed by atoms with Crippen LogP contribution in [0.3, 0.4) is 0 Å². The van der Waals surface area contributed by atoms with Crippen molar-refractivity contribution in [1.29, 1.82) is 0 Å². The Morgan fingerprint density at radius 2 is 1.96 bits per heavy atom. The summed E-state index contributed by atoms with van der Waals surface area (Å²) in [6, 6.07) is 16.5. The van der Waals surface area contributed by atoms with Gasteiger partial charge in [-0.2, -0.15) is 0 Å². The van der Waals surface area contributed by atoms with Gasteiger partial charge in [-0.15, -0.1) is 11.3 Å². The minimum atomic E-state index is -0.400. The lowest BCUT2D eigenvalue weighted by Crippen LogP contribution is -2.15. The van der Waals surface area contributed by atoms with Gasteiger partial charge in [0.15, 0.2) is 10.6 Å². The summed E-state index contributed by atoms with van der Waals surface area (Å²) in [5.74, 6) is 0.776. The van der Waals surface area contributed by atoms with Gasteiger partial charge < -0.3 is 8.98 Å². The summed E-state index contributed by atoms with van der Waals surface area (Å²) in [6.45, 7) is 2.90. The van der Waals surface area contributed by atoms with E-state index in [0.717, 1.165) is 46.6 Å². The molecule has 0 radical (unpaired) electrons. The molecule has 0 fully saturated rings. The molecule has 2 heterocycles. The maximum atomic E-state index is 11.3. The number of aromatic nitrogens is 1. The van der Waals surface area contributed by atoms with Gasteiger partial charge in [0, 0.05) is 23.4 Å². The van der Waals surface area contributed by atoms with Crippen LogP contribution in [0.25, 0.3) is 22.4 Å². The number of rotatable bonds is 6. The van der Waals surface area contributed by atoms with E-state index >= 15 is 0 Å². The molecule has 0 aliphatic heterocycles. The van der Waals surface area contributed by atoms with E-state index < -0.39 is 4.92 Å². The van der Waals surface area contributed by atoms with Crippen LogP contribution in [0.5, 0.6) is 0 Å². The first-order chi connectivity index (χ1) is 13.7. The number of nitro groups is 1. The molecule has 0 aliphatic rings. The predicted octanol–water partition coefficient (Wildman–Crippen LogP) is 5.90. The van der Waals surface area contributed by atoms with Crippen molar-refractivity contribution in [1.82, 2.24) is 4.57 Å². The lowest BCUT2D eigenvalue weighted by molar-refractivity contribution is -0.384. The molecule has 6 nitrogen and oxygen atoms in total.